The molecule has 1 saturated heterocycles. The van der Waals surface area contributed by atoms with Gasteiger partial charge in [0.25, 0.3) is 8.32 Å². The fourth-order valence-electron chi connectivity index (χ4n) is 7.37. The second kappa shape index (κ2) is 14.8. The second-order valence-corrected chi connectivity index (χ2v) is 31.1. The summed E-state index contributed by atoms with van der Waals surface area (Å²) in [7, 11) is -6.26. The zero-order valence-corrected chi connectivity index (χ0v) is 32.6. The number of hydrogen-bond donors (Lipinski definition) is 0. The van der Waals surface area contributed by atoms with E-state index in [1.807, 2.05) is 12.1 Å². The highest BCUT2D eigenvalue weighted by atomic mass is 28.4. The first-order chi connectivity index (χ1) is 20.5. The zero-order valence-electron chi connectivity index (χ0n) is 29.6. The van der Waals surface area contributed by atoms with Crippen LogP contribution in [0.2, 0.25) is 47.3 Å². The van der Waals surface area contributed by atoms with Gasteiger partial charge in [-0.1, -0.05) is 155 Å². The number of hydrogen-bond acceptors (Lipinski definition) is 4. The number of benzene rings is 2. The molecule has 0 saturated carbocycles. The summed E-state index contributed by atoms with van der Waals surface area (Å²) in [5.41, 5.74) is 1.43. The summed E-state index contributed by atoms with van der Waals surface area (Å²) in [6.45, 7) is 28.0. The van der Waals surface area contributed by atoms with Crippen LogP contribution in [0.5, 0.6) is 0 Å². The van der Waals surface area contributed by atoms with Gasteiger partial charge < -0.3 is 13.6 Å². The van der Waals surface area contributed by atoms with Crippen molar-refractivity contribution in [2.45, 2.75) is 141 Å². The number of rotatable bonds is 15. The molecule has 1 aliphatic heterocycles. The molecule has 1 aliphatic rings. The largest absolute Gasteiger partial charge is 0.457 e. The van der Waals surface area contributed by atoms with E-state index < -0.39 is 30.8 Å². The molecule has 2 aromatic carbocycles. The summed E-state index contributed by atoms with van der Waals surface area (Å²) in [6, 6.07) is 22.3. The predicted molar refractivity (Wildman–Crippen MR) is 195 cm³/mol. The number of carbonyl (C=O) groups is 1. The molecule has 244 valence electrons. The highest BCUT2D eigenvalue weighted by molar-refractivity contribution is 6.99. The lowest BCUT2D eigenvalue weighted by molar-refractivity contribution is -0.197. The molecule has 1 heterocycles. The van der Waals surface area contributed by atoms with E-state index in [4.69, 9.17) is 13.6 Å². The van der Waals surface area contributed by atoms with Gasteiger partial charge in [0, 0.05) is 14.5 Å². The van der Waals surface area contributed by atoms with Gasteiger partial charge in [-0.05, 0) is 44.5 Å². The van der Waals surface area contributed by atoms with Crippen LogP contribution in [0.1, 0.15) is 75.2 Å². The highest BCUT2D eigenvalue weighted by Crippen LogP contribution is 2.45. The van der Waals surface area contributed by atoms with Crippen molar-refractivity contribution in [2.24, 2.45) is 0 Å². The van der Waals surface area contributed by atoms with Crippen LogP contribution in [-0.4, -0.2) is 49.0 Å². The Kier molecular flexibility index (Phi) is 12.3. The summed E-state index contributed by atoms with van der Waals surface area (Å²) in [6.07, 6.45) is 5.16. The second-order valence-electron chi connectivity index (χ2n) is 15.9. The third-order valence-corrected chi connectivity index (χ3v) is 22.1. The zero-order chi connectivity index (χ0) is 32.9. The van der Waals surface area contributed by atoms with Gasteiger partial charge in [0.05, 0.1) is 6.10 Å². The average Bonchev–Trinajstić information content (AvgIpc) is 2.93. The van der Waals surface area contributed by atoms with Gasteiger partial charge in [0.2, 0.25) is 8.32 Å². The van der Waals surface area contributed by atoms with Crippen molar-refractivity contribution < 1.29 is 18.4 Å². The van der Waals surface area contributed by atoms with Crippen LogP contribution in [0.4, 0.5) is 0 Å². The summed E-state index contributed by atoms with van der Waals surface area (Å²) in [5.74, 6) is -0.254. The van der Waals surface area contributed by atoms with E-state index in [9.17, 15) is 4.79 Å². The lowest BCUT2D eigenvalue weighted by Crippen LogP contribution is -2.71. The molecule has 0 radical (unpaired) electrons. The Balaban J connectivity index is 2.01. The van der Waals surface area contributed by atoms with Crippen LogP contribution in [0, 0.1) is 0 Å². The Morgan fingerprint density at radius 3 is 1.66 bits per heavy atom. The molecule has 44 heavy (non-hydrogen) atoms. The third kappa shape index (κ3) is 8.13. The molecule has 0 spiro atoms. The molecule has 4 nitrogen and oxygen atoms in total. The van der Waals surface area contributed by atoms with Crippen LogP contribution >= 0.6 is 0 Å². The minimum absolute atomic E-state index is 0.0323. The van der Waals surface area contributed by atoms with E-state index >= 15 is 0 Å². The topological polar surface area (TPSA) is 44.8 Å². The summed E-state index contributed by atoms with van der Waals surface area (Å²) < 4.78 is 20.6. The van der Waals surface area contributed by atoms with Crippen molar-refractivity contribution in [3.63, 3.8) is 0 Å². The molecule has 0 amide bonds. The Labute approximate surface area is 272 Å². The van der Waals surface area contributed by atoms with Crippen LogP contribution in [-0.2, 0) is 18.4 Å². The Bertz CT molecular complexity index is 1150. The van der Waals surface area contributed by atoms with Gasteiger partial charge in [-0.15, -0.1) is 0 Å². The van der Waals surface area contributed by atoms with E-state index in [-0.39, 0.29) is 23.2 Å². The number of esters is 1. The third-order valence-electron chi connectivity index (χ3n) is 9.43. The minimum atomic E-state index is -2.91. The summed E-state index contributed by atoms with van der Waals surface area (Å²) in [5, 5.41) is 2.12. The Hall–Kier alpha value is -1.78. The number of ether oxygens (including phenoxy) is 1. The summed E-state index contributed by atoms with van der Waals surface area (Å²) in [4.78, 5) is 13.3. The molecule has 0 aromatic heterocycles. The predicted octanol–water partition coefficient (Wildman–Crippen LogP) is 9.09. The minimum Gasteiger partial charge on any atom is -0.457 e. The lowest BCUT2D eigenvalue weighted by Gasteiger charge is -2.49. The standard InChI is InChI=1S/C37H60O4Si3/c1-28(2)43(29(3)4,30(5)6)40-31(21-19-20-26-42(10,11)12)27-34-35(36(38)39-34)41-44(37(7,8)9,32-22-15-13-16-23-32)33-24-17-14-18-25-33/h13-20,22-25,28-31,34-35H,21,26-27H2,1-12H3/b20-19+/t31-,34-,35-/m1/s1. The molecule has 7 heteroatoms. The maximum Gasteiger partial charge on any atom is 0.338 e. The lowest BCUT2D eigenvalue weighted by atomic mass is 10.0. The van der Waals surface area contributed by atoms with Crippen molar-refractivity contribution in [3.8, 4) is 0 Å². The quantitative estimate of drug-likeness (QED) is 0.109. The van der Waals surface area contributed by atoms with Gasteiger partial charge in [-0.2, -0.15) is 0 Å². The molecule has 0 N–H and O–H groups in total. The fraction of sp³-hybridized carbons (Fsp3) is 0.595. The molecule has 0 bridgehead atoms. The van der Waals surface area contributed by atoms with Crippen molar-refractivity contribution in [1.82, 2.24) is 0 Å². The Morgan fingerprint density at radius 1 is 0.795 bits per heavy atom. The molecule has 3 atom stereocenters. The molecular weight excluding hydrogens is 593 g/mol. The number of allylic oxidation sites excluding steroid dienone is 1. The SMILES string of the molecule is CC(C)[Si](O[C@H](C/C=C/C[Si](C)(C)C)C[C@H]1OC(=O)[C@@H]1O[Si](c1ccccc1)(c1ccccc1)C(C)(C)C)(C(C)C)C(C)C. The smallest absolute Gasteiger partial charge is 0.338 e. The van der Waals surface area contributed by atoms with Crippen LogP contribution in [0.15, 0.2) is 72.8 Å². The average molecular weight is 653 g/mol. The first-order valence-corrected chi connectivity index (χ1v) is 24.5. The van der Waals surface area contributed by atoms with Crippen molar-refractivity contribution >= 4 is 41.1 Å². The normalized spacial score (nSPS) is 19.1. The molecule has 3 rings (SSSR count). The van der Waals surface area contributed by atoms with Gasteiger partial charge in [-0.25, -0.2) is 4.79 Å². The molecule has 0 aliphatic carbocycles. The van der Waals surface area contributed by atoms with Crippen molar-refractivity contribution in [3.05, 3.63) is 72.8 Å². The van der Waals surface area contributed by atoms with E-state index in [1.165, 1.54) is 10.4 Å². The van der Waals surface area contributed by atoms with Crippen LogP contribution < -0.4 is 10.4 Å². The first kappa shape index (κ1) is 36.7. The number of carbonyl (C=O) groups excluding carboxylic acids is 1. The molecule has 2 aromatic rings. The maximum absolute atomic E-state index is 13.3. The number of cyclic esters (lactones) is 1. The Morgan fingerprint density at radius 2 is 1.27 bits per heavy atom. The molecule has 1 fully saturated rings. The highest BCUT2D eigenvalue weighted by Gasteiger charge is 2.57. The van der Waals surface area contributed by atoms with Crippen LogP contribution in [0.25, 0.3) is 0 Å². The van der Waals surface area contributed by atoms with Crippen LogP contribution in [0.3, 0.4) is 0 Å². The fourth-order valence-corrected chi connectivity index (χ4v) is 18.5. The van der Waals surface area contributed by atoms with Gasteiger partial charge in [0.1, 0.15) is 6.10 Å². The summed E-state index contributed by atoms with van der Waals surface area (Å²) >= 11 is 0. The van der Waals surface area contributed by atoms with Gasteiger partial charge >= 0.3 is 5.97 Å². The van der Waals surface area contributed by atoms with E-state index in [0.717, 1.165) is 12.5 Å². The van der Waals surface area contributed by atoms with Gasteiger partial charge in [0.15, 0.2) is 6.10 Å². The van der Waals surface area contributed by atoms with Crippen molar-refractivity contribution in [2.75, 3.05) is 0 Å². The molecule has 0 unspecified atom stereocenters. The maximum atomic E-state index is 13.3. The van der Waals surface area contributed by atoms with E-state index in [1.54, 1.807) is 0 Å². The van der Waals surface area contributed by atoms with E-state index in [2.05, 4.69) is 143 Å². The van der Waals surface area contributed by atoms with Crippen molar-refractivity contribution in [1.29, 1.82) is 0 Å². The molecular formula is C37H60O4Si3. The monoisotopic (exact) mass is 652 g/mol. The van der Waals surface area contributed by atoms with E-state index in [0.29, 0.717) is 23.0 Å². The first-order valence-electron chi connectivity index (χ1n) is 16.8. The van der Waals surface area contributed by atoms with Gasteiger partial charge in [-0.3, -0.25) is 0 Å².